The van der Waals surface area contributed by atoms with Crippen molar-refractivity contribution in [3.05, 3.63) is 71.6 Å². The van der Waals surface area contributed by atoms with Gasteiger partial charge in [0.15, 0.2) is 0 Å². The molecule has 0 aliphatic heterocycles. The number of esters is 1. The van der Waals surface area contributed by atoms with Crippen LogP contribution in [0.1, 0.15) is 49.6 Å². The van der Waals surface area contributed by atoms with Crippen molar-refractivity contribution in [3.63, 3.8) is 0 Å². The second kappa shape index (κ2) is 9.38. The smallest absolute Gasteiger partial charge is 0.350 e. The molecule has 1 aliphatic carbocycles. The molecule has 0 unspecified atom stereocenters. The molecule has 0 radical (unpaired) electrons. The molecule has 3 aromatic rings. The molecular weight excluding hydrogens is 390 g/mol. The van der Waals surface area contributed by atoms with E-state index in [-0.39, 0.29) is 5.97 Å². The molecule has 0 saturated heterocycles. The molecule has 2 aromatic carbocycles. The molecule has 0 bridgehead atoms. The topological polar surface area (TPSA) is 61.6 Å². The van der Waals surface area contributed by atoms with Crippen LogP contribution in [0.5, 0.6) is 5.75 Å². The Kier molecular flexibility index (Phi) is 6.40. The van der Waals surface area contributed by atoms with Crippen LogP contribution in [0.25, 0.3) is 11.5 Å². The first-order valence-corrected chi connectivity index (χ1v) is 11.1. The van der Waals surface area contributed by atoms with Crippen molar-refractivity contribution in [1.82, 2.24) is 4.98 Å². The van der Waals surface area contributed by atoms with Crippen LogP contribution in [0, 0.1) is 6.92 Å². The van der Waals surface area contributed by atoms with Gasteiger partial charge in [0.2, 0.25) is 11.5 Å². The number of rotatable bonds is 9. The highest BCUT2D eigenvalue weighted by Gasteiger charge is 2.48. The van der Waals surface area contributed by atoms with E-state index in [1.807, 2.05) is 56.3 Å². The van der Waals surface area contributed by atoms with Crippen molar-refractivity contribution in [1.29, 1.82) is 0 Å². The zero-order chi connectivity index (χ0) is 21.7. The molecule has 5 heteroatoms. The number of aromatic nitrogens is 1. The third-order valence-electron chi connectivity index (χ3n) is 5.84. The van der Waals surface area contributed by atoms with Crippen LogP contribution in [-0.4, -0.2) is 23.2 Å². The van der Waals surface area contributed by atoms with Gasteiger partial charge in [-0.15, -0.1) is 0 Å². The summed E-state index contributed by atoms with van der Waals surface area (Å²) in [6.45, 7) is 4.17. The van der Waals surface area contributed by atoms with E-state index in [9.17, 15) is 4.79 Å². The van der Waals surface area contributed by atoms with E-state index in [1.54, 1.807) is 0 Å². The summed E-state index contributed by atoms with van der Waals surface area (Å²) in [6.07, 6.45) is 5.22. The second-order valence-corrected chi connectivity index (χ2v) is 8.06. The lowest BCUT2D eigenvalue weighted by molar-refractivity contribution is -0.169. The fourth-order valence-electron chi connectivity index (χ4n) is 3.88. The zero-order valence-electron chi connectivity index (χ0n) is 18.2. The number of ether oxygens (including phenoxy) is 2. The Morgan fingerprint density at radius 3 is 2.45 bits per heavy atom. The molecule has 1 heterocycles. The zero-order valence-corrected chi connectivity index (χ0v) is 18.2. The summed E-state index contributed by atoms with van der Waals surface area (Å²) in [6, 6.07) is 18.0. The van der Waals surface area contributed by atoms with E-state index in [1.165, 1.54) is 5.56 Å². The number of carbonyl (C=O) groups is 1. The second-order valence-electron chi connectivity index (χ2n) is 8.06. The Hall–Kier alpha value is -3.08. The van der Waals surface area contributed by atoms with Crippen LogP contribution in [0.15, 0.2) is 59.0 Å². The van der Waals surface area contributed by atoms with Crippen molar-refractivity contribution in [2.45, 2.75) is 58.0 Å². The summed E-state index contributed by atoms with van der Waals surface area (Å²) in [5.41, 5.74) is 2.45. The molecule has 1 aliphatic rings. The number of aryl methyl sites for hydroxylation is 3. The van der Waals surface area contributed by atoms with Gasteiger partial charge in [0.1, 0.15) is 11.5 Å². The Labute approximate surface area is 183 Å². The molecule has 1 fully saturated rings. The van der Waals surface area contributed by atoms with Crippen LogP contribution in [-0.2, 0) is 22.4 Å². The van der Waals surface area contributed by atoms with Crippen molar-refractivity contribution < 1.29 is 18.7 Å². The monoisotopic (exact) mass is 419 g/mol. The van der Waals surface area contributed by atoms with Gasteiger partial charge in [-0.25, -0.2) is 9.78 Å². The van der Waals surface area contributed by atoms with Crippen LogP contribution in [0.3, 0.4) is 0 Å². The van der Waals surface area contributed by atoms with Gasteiger partial charge in [-0.2, -0.15) is 0 Å². The van der Waals surface area contributed by atoms with Crippen LogP contribution in [0.2, 0.25) is 0 Å². The van der Waals surface area contributed by atoms with Gasteiger partial charge in [0.05, 0.1) is 12.3 Å². The summed E-state index contributed by atoms with van der Waals surface area (Å²) in [5.74, 6) is 2.04. The molecule has 0 N–H and O–H groups in total. The third kappa shape index (κ3) is 4.82. The fraction of sp³-hybridized carbons (Fsp3) is 0.385. The fourth-order valence-corrected chi connectivity index (χ4v) is 3.88. The van der Waals surface area contributed by atoms with Gasteiger partial charge in [-0.1, -0.05) is 30.3 Å². The number of hydrogen-bond acceptors (Lipinski definition) is 5. The quantitative estimate of drug-likeness (QED) is 0.417. The van der Waals surface area contributed by atoms with Crippen LogP contribution < -0.4 is 4.74 Å². The molecule has 5 nitrogen and oxygen atoms in total. The minimum absolute atomic E-state index is 0.247. The summed E-state index contributed by atoms with van der Waals surface area (Å²) in [4.78, 5) is 16.9. The Balaban J connectivity index is 1.31. The molecule has 0 spiro atoms. The molecule has 162 valence electrons. The predicted octanol–water partition coefficient (Wildman–Crippen LogP) is 5.69. The summed E-state index contributed by atoms with van der Waals surface area (Å²) >= 11 is 0. The summed E-state index contributed by atoms with van der Waals surface area (Å²) < 4.78 is 17.1. The highest BCUT2D eigenvalue weighted by Crippen LogP contribution is 2.38. The van der Waals surface area contributed by atoms with E-state index in [0.29, 0.717) is 12.5 Å². The summed E-state index contributed by atoms with van der Waals surface area (Å²) in [5, 5.41) is 0. The number of hydrogen-bond donors (Lipinski definition) is 0. The molecule has 31 heavy (non-hydrogen) atoms. The lowest BCUT2D eigenvalue weighted by atomic mass is 9.80. The standard InChI is InChI=1S/C26H29NO4/c1-3-29-25(28)26(17-8-18-26)31-22-15-13-20(14-16-22)9-7-12-23-19(2)30-24(27-23)21-10-5-4-6-11-21/h4-6,10-11,13-16H,3,7-9,12,17-18H2,1-2H3. The van der Waals surface area contributed by atoms with Gasteiger partial charge in [-0.3, -0.25) is 0 Å². The van der Waals surface area contributed by atoms with Crippen LogP contribution in [0.4, 0.5) is 0 Å². The minimum atomic E-state index is -0.793. The molecule has 1 aromatic heterocycles. The third-order valence-corrected chi connectivity index (χ3v) is 5.84. The number of nitrogens with zero attached hydrogens (tertiary/aromatic N) is 1. The average Bonchev–Trinajstić information content (AvgIpc) is 3.13. The largest absolute Gasteiger partial charge is 0.476 e. The lowest BCUT2D eigenvalue weighted by Gasteiger charge is -2.39. The van der Waals surface area contributed by atoms with E-state index in [0.717, 1.165) is 61.3 Å². The van der Waals surface area contributed by atoms with Crippen molar-refractivity contribution >= 4 is 5.97 Å². The molecule has 1 saturated carbocycles. The Bertz CT molecular complexity index is 1000. The predicted molar refractivity (Wildman–Crippen MR) is 119 cm³/mol. The highest BCUT2D eigenvalue weighted by molar-refractivity contribution is 5.81. The van der Waals surface area contributed by atoms with Crippen LogP contribution >= 0.6 is 0 Å². The number of oxazole rings is 1. The van der Waals surface area contributed by atoms with Gasteiger partial charge in [0, 0.05) is 5.56 Å². The minimum Gasteiger partial charge on any atom is -0.476 e. The Morgan fingerprint density at radius 2 is 1.81 bits per heavy atom. The Morgan fingerprint density at radius 1 is 1.06 bits per heavy atom. The lowest BCUT2D eigenvalue weighted by Crippen LogP contribution is -2.51. The van der Waals surface area contributed by atoms with E-state index >= 15 is 0 Å². The first kappa shape index (κ1) is 21.2. The maximum atomic E-state index is 12.3. The average molecular weight is 420 g/mol. The number of carbonyl (C=O) groups excluding carboxylic acids is 1. The van der Waals surface area contributed by atoms with Gasteiger partial charge in [-0.05, 0) is 82.2 Å². The number of benzene rings is 2. The normalized spacial score (nSPS) is 14.6. The molecule has 0 atom stereocenters. The van der Waals surface area contributed by atoms with E-state index in [4.69, 9.17) is 13.9 Å². The molecular formula is C26H29NO4. The SMILES string of the molecule is CCOC(=O)C1(Oc2ccc(CCCc3nc(-c4ccccc4)oc3C)cc2)CCC1. The first-order chi connectivity index (χ1) is 15.1. The molecule has 4 rings (SSSR count). The maximum absolute atomic E-state index is 12.3. The van der Waals surface area contributed by atoms with Crippen molar-refractivity contribution in [2.75, 3.05) is 6.61 Å². The maximum Gasteiger partial charge on any atom is 0.350 e. The van der Waals surface area contributed by atoms with Crippen molar-refractivity contribution in [2.24, 2.45) is 0 Å². The summed E-state index contributed by atoms with van der Waals surface area (Å²) in [7, 11) is 0. The van der Waals surface area contributed by atoms with E-state index in [2.05, 4.69) is 17.1 Å². The van der Waals surface area contributed by atoms with E-state index < -0.39 is 5.60 Å². The highest BCUT2D eigenvalue weighted by atomic mass is 16.6. The van der Waals surface area contributed by atoms with Crippen molar-refractivity contribution in [3.8, 4) is 17.2 Å². The first-order valence-electron chi connectivity index (χ1n) is 11.1. The van der Waals surface area contributed by atoms with Gasteiger partial charge in [0.25, 0.3) is 0 Å². The van der Waals surface area contributed by atoms with Gasteiger partial charge < -0.3 is 13.9 Å². The van der Waals surface area contributed by atoms with Gasteiger partial charge >= 0.3 is 5.97 Å². The molecule has 0 amide bonds.